The quantitative estimate of drug-likeness (QED) is 0.619. The van der Waals surface area contributed by atoms with Gasteiger partial charge in [0, 0.05) is 10.6 Å². The normalized spacial score (nSPS) is 15.7. The number of aromatic hydroxyl groups is 1. The first kappa shape index (κ1) is 17.5. The molecule has 0 saturated carbocycles. The molecule has 1 aliphatic heterocycles. The molecule has 0 bridgehead atoms. The lowest BCUT2D eigenvalue weighted by atomic mass is 10.2. The Hall–Kier alpha value is -2.35. The number of nitrogens with one attached hydrogen (secondary N) is 1. The third-order valence-electron chi connectivity index (χ3n) is 3.26. The molecule has 5 nitrogen and oxygen atoms in total. The van der Waals surface area contributed by atoms with Crippen LogP contribution in [0.25, 0.3) is 6.08 Å². The van der Waals surface area contributed by atoms with Gasteiger partial charge in [-0.3, -0.25) is 15.0 Å². The third-order valence-corrected chi connectivity index (χ3v) is 4.80. The fourth-order valence-electron chi connectivity index (χ4n) is 2.13. The summed E-state index contributed by atoms with van der Waals surface area (Å²) in [7, 11) is 0. The molecular weight excluding hydrogens is 380 g/mol. The van der Waals surface area contributed by atoms with Crippen LogP contribution in [0.3, 0.4) is 0 Å². The first-order valence-corrected chi connectivity index (χ1v) is 8.68. The van der Waals surface area contributed by atoms with Crippen LogP contribution >= 0.6 is 35.6 Å². The van der Waals surface area contributed by atoms with Gasteiger partial charge in [-0.05, 0) is 54.2 Å². The van der Waals surface area contributed by atoms with E-state index in [1.54, 1.807) is 36.4 Å². The summed E-state index contributed by atoms with van der Waals surface area (Å²) in [5, 5.41) is 10.9. The maximum Gasteiger partial charge on any atom is 0.285 e. The van der Waals surface area contributed by atoms with Crippen LogP contribution in [0.1, 0.15) is 15.9 Å². The van der Waals surface area contributed by atoms with Gasteiger partial charge < -0.3 is 5.11 Å². The van der Waals surface area contributed by atoms with E-state index in [2.05, 4.69) is 5.43 Å². The van der Waals surface area contributed by atoms with E-state index in [-0.39, 0.29) is 10.1 Å². The number of rotatable bonds is 3. The van der Waals surface area contributed by atoms with E-state index in [4.69, 9.17) is 23.8 Å². The minimum atomic E-state index is -0.489. The second-order valence-corrected chi connectivity index (χ2v) is 7.18. The summed E-state index contributed by atoms with van der Waals surface area (Å²) in [6.07, 6.45) is 1.60. The van der Waals surface area contributed by atoms with E-state index < -0.39 is 11.8 Å². The largest absolute Gasteiger partial charge is 0.508 e. The Kier molecular flexibility index (Phi) is 5.08. The Morgan fingerprint density at radius 2 is 2.00 bits per heavy atom. The number of thiocarbonyl (C=S) groups is 1. The van der Waals surface area contributed by atoms with Crippen LogP contribution < -0.4 is 5.43 Å². The fraction of sp³-hybridized carbons (Fsp3) is 0. The molecule has 3 rings (SSSR count). The van der Waals surface area contributed by atoms with Gasteiger partial charge in [0.05, 0.1) is 4.91 Å². The number of phenols is 1. The van der Waals surface area contributed by atoms with Crippen LogP contribution in [0.15, 0.2) is 53.4 Å². The molecule has 2 aromatic rings. The number of phenolic OH excluding ortho intramolecular Hbond substituents is 1. The molecule has 0 radical (unpaired) electrons. The highest BCUT2D eigenvalue weighted by molar-refractivity contribution is 8.26. The standard InChI is InChI=1S/C17H11ClN2O3S2/c18-12-5-2-4-11(9-12)15(22)19-20-16(23)14(25-17(20)24)8-10-3-1-6-13(21)7-10/h1-9,21H,(H,19,22)/b14-8+. The highest BCUT2D eigenvalue weighted by atomic mass is 35.5. The molecule has 1 fully saturated rings. The average Bonchev–Trinajstić information content (AvgIpc) is 2.82. The van der Waals surface area contributed by atoms with Crippen LogP contribution in [-0.2, 0) is 4.79 Å². The van der Waals surface area contributed by atoms with Crippen molar-refractivity contribution in [3.63, 3.8) is 0 Å². The molecule has 0 atom stereocenters. The Labute approximate surface area is 158 Å². The van der Waals surface area contributed by atoms with E-state index in [1.165, 1.54) is 18.2 Å². The number of thioether (sulfide) groups is 1. The molecule has 0 unspecified atom stereocenters. The molecule has 126 valence electrons. The van der Waals surface area contributed by atoms with Gasteiger partial charge in [-0.25, -0.2) is 0 Å². The van der Waals surface area contributed by atoms with Crippen molar-refractivity contribution in [3.05, 3.63) is 69.6 Å². The summed E-state index contributed by atoms with van der Waals surface area (Å²) in [5.41, 5.74) is 3.46. The van der Waals surface area contributed by atoms with Crippen molar-refractivity contribution in [2.45, 2.75) is 0 Å². The number of halogens is 1. The van der Waals surface area contributed by atoms with Crippen molar-refractivity contribution in [2.24, 2.45) is 0 Å². The fourth-order valence-corrected chi connectivity index (χ4v) is 3.50. The number of hydrogen-bond acceptors (Lipinski definition) is 5. The number of nitrogens with zero attached hydrogens (tertiary/aromatic N) is 1. The first-order chi connectivity index (χ1) is 11.9. The Balaban J connectivity index is 1.78. The monoisotopic (exact) mass is 390 g/mol. The zero-order chi connectivity index (χ0) is 18.0. The van der Waals surface area contributed by atoms with Crippen LogP contribution in [0.5, 0.6) is 5.75 Å². The van der Waals surface area contributed by atoms with Gasteiger partial charge >= 0.3 is 0 Å². The molecule has 2 amide bonds. The van der Waals surface area contributed by atoms with E-state index in [1.807, 2.05) is 0 Å². The van der Waals surface area contributed by atoms with Gasteiger partial charge in [-0.15, -0.1) is 0 Å². The number of carbonyl (C=O) groups is 2. The number of hydrazine groups is 1. The first-order valence-electron chi connectivity index (χ1n) is 7.07. The van der Waals surface area contributed by atoms with Crippen molar-refractivity contribution in [1.82, 2.24) is 10.4 Å². The maximum atomic E-state index is 12.5. The minimum absolute atomic E-state index is 0.0958. The third kappa shape index (κ3) is 4.01. The van der Waals surface area contributed by atoms with Crippen molar-refractivity contribution in [3.8, 4) is 5.75 Å². The Bertz CT molecular complexity index is 914. The van der Waals surface area contributed by atoms with Crippen molar-refractivity contribution in [2.75, 3.05) is 0 Å². The van der Waals surface area contributed by atoms with Crippen LogP contribution in [0, 0.1) is 0 Å². The lowest BCUT2D eigenvalue weighted by molar-refractivity contribution is -0.123. The molecular formula is C17H11ClN2O3S2. The molecule has 1 heterocycles. The summed E-state index contributed by atoms with van der Waals surface area (Å²) in [4.78, 5) is 25.1. The van der Waals surface area contributed by atoms with E-state index in [9.17, 15) is 14.7 Å². The van der Waals surface area contributed by atoms with E-state index >= 15 is 0 Å². The van der Waals surface area contributed by atoms with Crippen molar-refractivity contribution in [1.29, 1.82) is 0 Å². The Morgan fingerprint density at radius 1 is 1.24 bits per heavy atom. The highest BCUT2D eigenvalue weighted by Gasteiger charge is 2.33. The summed E-state index contributed by atoms with van der Waals surface area (Å²) in [6, 6.07) is 12.8. The summed E-state index contributed by atoms with van der Waals surface area (Å²) < 4.78 is 0.215. The van der Waals surface area contributed by atoms with Crippen LogP contribution in [-0.4, -0.2) is 26.3 Å². The summed E-state index contributed by atoms with van der Waals surface area (Å²) >= 11 is 12.1. The SMILES string of the molecule is O=C(NN1C(=O)/C(=C\c2cccc(O)c2)SC1=S)c1cccc(Cl)c1. The van der Waals surface area contributed by atoms with Crippen LogP contribution in [0.2, 0.25) is 5.02 Å². The summed E-state index contributed by atoms with van der Waals surface area (Å²) in [5.74, 6) is -0.829. The molecule has 0 spiro atoms. The van der Waals surface area contributed by atoms with Gasteiger partial charge in [0.2, 0.25) is 0 Å². The molecule has 1 aliphatic rings. The number of carbonyl (C=O) groups excluding carboxylic acids is 2. The number of amides is 2. The zero-order valence-electron chi connectivity index (χ0n) is 12.6. The number of hydrogen-bond donors (Lipinski definition) is 2. The molecule has 1 saturated heterocycles. The van der Waals surface area contributed by atoms with Gasteiger partial charge in [0.15, 0.2) is 4.32 Å². The molecule has 0 aliphatic carbocycles. The number of benzene rings is 2. The zero-order valence-corrected chi connectivity index (χ0v) is 15.0. The predicted molar refractivity (Wildman–Crippen MR) is 102 cm³/mol. The predicted octanol–water partition coefficient (Wildman–Crippen LogP) is 3.59. The Morgan fingerprint density at radius 3 is 2.72 bits per heavy atom. The molecule has 2 aromatic carbocycles. The van der Waals surface area contributed by atoms with Gasteiger partial charge in [0.25, 0.3) is 11.8 Å². The lowest BCUT2D eigenvalue weighted by Crippen LogP contribution is -2.44. The second kappa shape index (κ2) is 7.26. The molecule has 25 heavy (non-hydrogen) atoms. The van der Waals surface area contributed by atoms with E-state index in [0.29, 0.717) is 21.1 Å². The van der Waals surface area contributed by atoms with Gasteiger partial charge in [0.1, 0.15) is 5.75 Å². The lowest BCUT2D eigenvalue weighted by Gasteiger charge is -2.15. The molecule has 0 aromatic heterocycles. The second-order valence-electron chi connectivity index (χ2n) is 5.06. The van der Waals surface area contributed by atoms with Crippen LogP contribution in [0.4, 0.5) is 0 Å². The highest BCUT2D eigenvalue weighted by Crippen LogP contribution is 2.32. The topological polar surface area (TPSA) is 69.6 Å². The average molecular weight is 391 g/mol. The van der Waals surface area contributed by atoms with Crippen molar-refractivity contribution >= 4 is 57.8 Å². The molecule has 2 N–H and O–H groups in total. The minimum Gasteiger partial charge on any atom is -0.508 e. The summed E-state index contributed by atoms with van der Waals surface area (Å²) in [6.45, 7) is 0. The van der Waals surface area contributed by atoms with Gasteiger partial charge in [-0.2, -0.15) is 5.01 Å². The van der Waals surface area contributed by atoms with Gasteiger partial charge in [-0.1, -0.05) is 41.6 Å². The van der Waals surface area contributed by atoms with E-state index in [0.717, 1.165) is 16.8 Å². The maximum absolute atomic E-state index is 12.5. The smallest absolute Gasteiger partial charge is 0.285 e. The molecule has 8 heteroatoms. The van der Waals surface area contributed by atoms with Crippen molar-refractivity contribution < 1.29 is 14.7 Å².